The second kappa shape index (κ2) is 5.56. The first-order chi connectivity index (χ1) is 8.18. The number of hydrogen-bond acceptors (Lipinski definition) is 1. The molecule has 0 unspecified atom stereocenters. The van der Waals surface area contributed by atoms with Crippen molar-refractivity contribution in [1.29, 1.82) is 0 Å². The zero-order valence-electron chi connectivity index (χ0n) is 9.41. The summed E-state index contributed by atoms with van der Waals surface area (Å²) < 4.78 is 6.78. The Morgan fingerprint density at radius 2 is 1.82 bits per heavy atom. The molecule has 2 aromatic rings. The third-order valence-electron chi connectivity index (χ3n) is 2.52. The molecule has 0 saturated heterocycles. The van der Waals surface area contributed by atoms with Gasteiger partial charge in [0.1, 0.15) is 12.4 Å². The Balaban J connectivity index is 2.17. The van der Waals surface area contributed by atoms with E-state index in [0.717, 1.165) is 21.3 Å². The summed E-state index contributed by atoms with van der Waals surface area (Å²) in [6.45, 7) is 2.51. The zero-order chi connectivity index (χ0) is 12.3. The minimum Gasteiger partial charge on any atom is -0.487 e. The van der Waals surface area contributed by atoms with Crippen LogP contribution >= 0.6 is 27.5 Å². The molecule has 2 aromatic carbocycles. The predicted octanol–water partition coefficient (Wildman–Crippen LogP) is 4.99. The van der Waals surface area contributed by atoms with Crippen molar-refractivity contribution in [2.45, 2.75) is 13.5 Å². The lowest BCUT2D eigenvalue weighted by Crippen LogP contribution is -1.97. The van der Waals surface area contributed by atoms with E-state index in [1.165, 1.54) is 0 Å². The molecule has 0 aliphatic rings. The van der Waals surface area contributed by atoms with Gasteiger partial charge in [0.25, 0.3) is 0 Å². The molecule has 0 radical (unpaired) electrons. The molecule has 0 aliphatic carbocycles. The molecule has 0 spiro atoms. The Morgan fingerprint density at radius 1 is 1.12 bits per heavy atom. The van der Waals surface area contributed by atoms with Crippen LogP contribution in [0.3, 0.4) is 0 Å². The third-order valence-corrected chi connectivity index (χ3v) is 3.67. The van der Waals surface area contributed by atoms with Crippen LogP contribution in [0.4, 0.5) is 0 Å². The van der Waals surface area contributed by atoms with E-state index in [0.29, 0.717) is 11.6 Å². The Hall–Kier alpha value is -0.990. The van der Waals surface area contributed by atoms with E-state index in [1.807, 2.05) is 49.4 Å². The summed E-state index contributed by atoms with van der Waals surface area (Å²) in [5, 5.41) is 0.640. The number of hydrogen-bond donors (Lipinski definition) is 0. The van der Waals surface area contributed by atoms with Gasteiger partial charge in [0.15, 0.2) is 0 Å². The highest BCUT2D eigenvalue weighted by atomic mass is 79.9. The second-order valence-electron chi connectivity index (χ2n) is 3.76. The van der Waals surface area contributed by atoms with Gasteiger partial charge in [-0.2, -0.15) is 0 Å². The van der Waals surface area contributed by atoms with Crippen LogP contribution in [0, 0.1) is 6.92 Å². The molecule has 88 valence electrons. The van der Waals surface area contributed by atoms with Crippen LogP contribution in [0.15, 0.2) is 46.9 Å². The zero-order valence-corrected chi connectivity index (χ0v) is 11.8. The lowest BCUT2D eigenvalue weighted by molar-refractivity contribution is 0.304. The van der Waals surface area contributed by atoms with Crippen LogP contribution in [0.5, 0.6) is 5.75 Å². The molecule has 1 nitrogen and oxygen atoms in total. The lowest BCUT2D eigenvalue weighted by Gasteiger charge is -2.12. The van der Waals surface area contributed by atoms with Crippen LogP contribution in [0.2, 0.25) is 5.02 Å². The van der Waals surface area contributed by atoms with Crippen LogP contribution < -0.4 is 4.74 Å². The van der Waals surface area contributed by atoms with Crippen molar-refractivity contribution in [2.75, 3.05) is 0 Å². The van der Waals surface area contributed by atoms with E-state index in [1.54, 1.807) is 0 Å². The van der Waals surface area contributed by atoms with Crippen LogP contribution in [-0.2, 0) is 6.61 Å². The summed E-state index contributed by atoms with van der Waals surface area (Å²) in [5.74, 6) is 0.741. The van der Waals surface area contributed by atoms with Crippen molar-refractivity contribution in [2.24, 2.45) is 0 Å². The molecule has 17 heavy (non-hydrogen) atoms. The first kappa shape index (κ1) is 12.5. The smallest absolute Gasteiger partial charge is 0.142 e. The second-order valence-corrected chi connectivity index (χ2v) is 5.02. The highest BCUT2D eigenvalue weighted by molar-refractivity contribution is 9.10. The van der Waals surface area contributed by atoms with E-state index in [4.69, 9.17) is 16.3 Å². The fourth-order valence-electron chi connectivity index (χ4n) is 1.54. The maximum atomic E-state index is 6.12. The third kappa shape index (κ3) is 3.02. The minimum atomic E-state index is 0.526. The van der Waals surface area contributed by atoms with Gasteiger partial charge >= 0.3 is 0 Å². The van der Waals surface area contributed by atoms with Crippen molar-refractivity contribution in [3.8, 4) is 5.75 Å². The summed E-state index contributed by atoms with van der Waals surface area (Å²) >= 11 is 9.59. The van der Waals surface area contributed by atoms with Gasteiger partial charge in [-0.05, 0) is 24.6 Å². The van der Waals surface area contributed by atoms with Gasteiger partial charge in [-0.15, -0.1) is 0 Å². The van der Waals surface area contributed by atoms with E-state index in [-0.39, 0.29) is 0 Å². The van der Waals surface area contributed by atoms with E-state index in [2.05, 4.69) is 15.9 Å². The van der Waals surface area contributed by atoms with Gasteiger partial charge in [0.2, 0.25) is 0 Å². The Bertz CT molecular complexity index is 511. The van der Waals surface area contributed by atoms with Gasteiger partial charge in [0.05, 0.1) is 5.02 Å². The fraction of sp³-hybridized carbons (Fsp3) is 0.143. The minimum absolute atomic E-state index is 0.526. The Labute approximate surface area is 115 Å². The fourth-order valence-corrected chi connectivity index (χ4v) is 2.11. The van der Waals surface area contributed by atoms with Gasteiger partial charge < -0.3 is 4.74 Å². The average Bonchev–Trinajstić information content (AvgIpc) is 2.35. The predicted molar refractivity (Wildman–Crippen MR) is 74.7 cm³/mol. The topological polar surface area (TPSA) is 9.23 Å². The molecule has 0 N–H and O–H groups in total. The average molecular weight is 312 g/mol. The summed E-state index contributed by atoms with van der Waals surface area (Å²) in [7, 11) is 0. The first-order valence-corrected chi connectivity index (χ1v) is 6.47. The first-order valence-electron chi connectivity index (χ1n) is 5.30. The Kier molecular flexibility index (Phi) is 4.08. The van der Waals surface area contributed by atoms with Crippen molar-refractivity contribution in [3.05, 3.63) is 63.1 Å². The lowest BCUT2D eigenvalue weighted by atomic mass is 10.2. The summed E-state index contributed by atoms with van der Waals surface area (Å²) in [4.78, 5) is 0. The van der Waals surface area contributed by atoms with Crippen molar-refractivity contribution in [1.82, 2.24) is 0 Å². The molecule has 0 atom stereocenters. The maximum Gasteiger partial charge on any atom is 0.142 e. The number of rotatable bonds is 3. The summed E-state index contributed by atoms with van der Waals surface area (Å²) in [5.41, 5.74) is 2.15. The highest BCUT2D eigenvalue weighted by Crippen LogP contribution is 2.33. The molecule has 0 heterocycles. The summed E-state index contributed by atoms with van der Waals surface area (Å²) in [6, 6.07) is 13.8. The van der Waals surface area contributed by atoms with E-state index in [9.17, 15) is 0 Å². The largest absolute Gasteiger partial charge is 0.487 e. The molecule has 2 rings (SSSR count). The summed E-state index contributed by atoms with van der Waals surface area (Å²) in [6.07, 6.45) is 0. The molecular formula is C14H12BrClO. The molecule has 3 heteroatoms. The SMILES string of the molecule is Cc1c(Br)ccc(Cl)c1OCc1ccccc1. The molecule has 0 aliphatic heterocycles. The van der Waals surface area contributed by atoms with Gasteiger partial charge in [0, 0.05) is 10.0 Å². The standard InChI is InChI=1S/C14H12BrClO/c1-10-12(15)7-8-13(16)14(10)17-9-11-5-3-2-4-6-11/h2-8H,9H2,1H3. The molecule has 0 bridgehead atoms. The van der Waals surface area contributed by atoms with Crippen LogP contribution in [0.25, 0.3) is 0 Å². The van der Waals surface area contributed by atoms with Crippen molar-refractivity contribution < 1.29 is 4.74 Å². The van der Waals surface area contributed by atoms with E-state index >= 15 is 0 Å². The maximum absolute atomic E-state index is 6.12. The molecule has 0 fully saturated rings. The van der Waals surface area contributed by atoms with Crippen molar-refractivity contribution in [3.63, 3.8) is 0 Å². The van der Waals surface area contributed by atoms with Gasteiger partial charge in [-0.1, -0.05) is 57.9 Å². The number of benzene rings is 2. The van der Waals surface area contributed by atoms with Crippen molar-refractivity contribution >= 4 is 27.5 Å². The number of ether oxygens (including phenoxy) is 1. The normalized spacial score (nSPS) is 10.3. The number of halogens is 2. The van der Waals surface area contributed by atoms with Gasteiger partial charge in [-0.3, -0.25) is 0 Å². The molecular weight excluding hydrogens is 300 g/mol. The van der Waals surface area contributed by atoms with Crippen LogP contribution in [-0.4, -0.2) is 0 Å². The monoisotopic (exact) mass is 310 g/mol. The van der Waals surface area contributed by atoms with E-state index < -0.39 is 0 Å². The molecule has 0 aromatic heterocycles. The van der Waals surface area contributed by atoms with Gasteiger partial charge in [-0.25, -0.2) is 0 Å². The highest BCUT2D eigenvalue weighted by Gasteiger charge is 2.08. The van der Waals surface area contributed by atoms with Crippen LogP contribution in [0.1, 0.15) is 11.1 Å². The molecule has 0 saturated carbocycles. The Morgan fingerprint density at radius 3 is 2.53 bits per heavy atom. The molecule has 0 amide bonds. The quantitative estimate of drug-likeness (QED) is 0.776.